The van der Waals surface area contributed by atoms with Crippen molar-refractivity contribution in [1.29, 1.82) is 0 Å². The Bertz CT molecular complexity index is 397. The van der Waals surface area contributed by atoms with E-state index < -0.39 is 6.61 Å². The fourth-order valence-electron chi connectivity index (χ4n) is 1.37. The number of hydrogen-bond donors (Lipinski definition) is 1. The van der Waals surface area contributed by atoms with E-state index in [1.54, 1.807) is 24.3 Å². The van der Waals surface area contributed by atoms with Gasteiger partial charge in [-0.1, -0.05) is 30.4 Å². The van der Waals surface area contributed by atoms with Crippen molar-refractivity contribution in [3.63, 3.8) is 0 Å². The van der Waals surface area contributed by atoms with Crippen LogP contribution in [-0.4, -0.2) is 18.7 Å². The van der Waals surface area contributed by atoms with Gasteiger partial charge in [0, 0.05) is 17.6 Å². The lowest BCUT2D eigenvalue weighted by atomic mass is 10.1. The molecule has 1 aromatic rings. The van der Waals surface area contributed by atoms with Crippen LogP contribution in [0, 0.1) is 0 Å². The van der Waals surface area contributed by atoms with Crippen LogP contribution in [0.1, 0.15) is 26.3 Å². The maximum absolute atomic E-state index is 12.2. The number of ether oxygens (including phenoxy) is 1. The second kappa shape index (κ2) is 6.50. The SMILES string of the molecule is CC(C)(C)NCC=Cc1ccccc1OC(F)F. The van der Waals surface area contributed by atoms with E-state index in [0.29, 0.717) is 12.1 Å². The number of benzene rings is 1. The Hall–Kier alpha value is -1.42. The third-order valence-electron chi connectivity index (χ3n) is 2.18. The van der Waals surface area contributed by atoms with Crippen LogP contribution in [0.2, 0.25) is 0 Å². The molecular formula is C14H19F2NO. The van der Waals surface area contributed by atoms with Crippen molar-refractivity contribution in [3.05, 3.63) is 35.9 Å². The van der Waals surface area contributed by atoms with E-state index in [2.05, 4.69) is 30.8 Å². The second-order valence-electron chi connectivity index (χ2n) is 4.95. The first-order chi connectivity index (χ1) is 8.38. The van der Waals surface area contributed by atoms with Crippen LogP contribution in [0.5, 0.6) is 5.75 Å². The van der Waals surface area contributed by atoms with Crippen LogP contribution in [0.4, 0.5) is 8.78 Å². The molecule has 0 fully saturated rings. The summed E-state index contributed by atoms with van der Waals surface area (Å²) in [5.41, 5.74) is 0.678. The van der Waals surface area contributed by atoms with Gasteiger partial charge in [0.05, 0.1) is 0 Å². The van der Waals surface area contributed by atoms with Crippen LogP contribution in [-0.2, 0) is 0 Å². The molecule has 18 heavy (non-hydrogen) atoms. The van der Waals surface area contributed by atoms with Gasteiger partial charge in [0.1, 0.15) is 5.75 Å². The van der Waals surface area contributed by atoms with Gasteiger partial charge in [0.25, 0.3) is 0 Å². The molecule has 1 N–H and O–H groups in total. The molecule has 2 nitrogen and oxygen atoms in total. The molecule has 1 aromatic carbocycles. The van der Waals surface area contributed by atoms with Crippen molar-refractivity contribution >= 4 is 6.08 Å². The molecule has 0 unspecified atom stereocenters. The number of nitrogens with one attached hydrogen (secondary N) is 1. The minimum absolute atomic E-state index is 0.0311. The van der Waals surface area contributed by atoms with E-state index in [1.807, 2.05) is 6.08 Å². The number of halogens is 2. The van der Waals surface area contributed by atoms with E-state index in [9.17, 15) is 8.78 Å². The molecule has 0 aliphatic carbocycles. The predicted molar refractivity (Wildman–Crippen MR) is 69.9 cm³/mol. The van der Waals surface area contributed by atoms with Crippen LogP contribution >= 0.6 is 0 Å². The first-order valence-electron chi connectivity index (χ1n) is 5.84. The maximum Gasteiger partial charge on any atom is 0.387 e. The highest BCUT2D eigenvalue weighted by atomic mass is 19.3. The molecule has 0 aliphatic heterocycles. The smallest absolute Gasteiger partial charge is 0.387 e. The Morgan fingerprint density at radius 3 is 2.56 bits per heavy atom. The van der Waals surface area contributed by atoms with Gasteiger partial charge < -0.3 is 10.1 Å². The molecule has 0 radical (unpaired) electrons. The lowest BCUT2D eigenvalue weighted by Gasteiger charge is -2.18. The summed E-state index contributed by atoms with van der Waals surface area (Å²) in [5, 5.41) is 3.28. The Labute approximate surface area is 107 Å². The van der Waals surface area contributed by atoms with Gasteiger partial charge in [0.15, 0.2) is 0 Å². The van der Waals surface area contributed by atoms with Gasteiger partial charge in [0.2, 0.25) is 0 Å². The minimum Gasteiger partial charge on any atom is -0.434 e. The monoisotopic (exact) mass is 255 g/mol. The van der Waals surface area contributed by atoms with E-state index >= 15 is 0 Å². The van der Waals surface area contributed by atoms with E-state index in [1.165, 1.54) is 6.07 Å². The largest absolute Gasteiger partial charge is 0.434 e. The summed E-state index contributed by atoms with van der Waals surface area (Å²) < 4.78 is 28.8. The van der Waals surface area contributed by atoms with Gasteiger partial charge in [-0.25, -0.2) is 0 Å². The average Bonchev–Trinajstić information content (AvgIpc) is 2.24. The van der Waals surface area contributed by atoms with Crippen molar-refractivity contribution in [3.8, 4) is 5.75 Å². The Balaban J connectivity index is 2.63. The molecule has 0 aromatic heterocycles. The number of alkyl halides is 2. The van der Waals surface area contributed by atoms with Crippen LogP contribution < -0.4 is 10.1 Å². The molecule has 0 saturated carbocycles. The highest BCUT2D eigenvalue weighted by molar-refractivity contribution is 5.57. The molecule has 0 heterocycles. The lowest BCUT2D eigenvalue weighted by Crippen LogP contribution is -2.35. The molecule has 0 bridgehead atoms. The molecule has 0 aliphatic rings. The molecule has 0 amide bonds. The summed E-state index contributed by atoms with van der Waals surface area (Å²) in [5.74, 6) is 0.194. The third kappa shape index (κ3) is 5.77. The van der Waals surface area contributed by atoms with Crippen molar-refractivity contribution < 1.29 is 13.5 Å². The van der Waals surface area contributed by atoms with Crippen LogP contribution in [0.3, 0.4) is 0 Å². The first-order valence-corrected chi connectivity index (χ1v) is 5.84. The maximum atomic E-state index is 12.2. The van der Waals surface area contributed by atoms with Crippen molar-refractivity contribution in [2.24, 2.45) is 0 Å². The fourth-order valence-corrected chi connectivity index (χ4v) is 1.37. The zero-order chi connectivity index (χ0) is 13.6. The van der Waals surface area contributed by atoms with E-state index in [4.69, 9.17) is 0 Å². The Morgan fingerprint density at radius 2 is 1.94 bits per heavy atom. The van der Waals surface area contributed by atoms with Crippen molar-refractivity contribution in [2.45, 2.75) is 32.9 Å². The van der Waals surface area contributed by atoms with Crippen molar-refractivity contribution in [1.82, 2.24) is 5.32 Å². The number of hydrogen-bond acceptors (Lipinski definition) is 2. The van der Waals surface area contributed by atoms with Crippen LogP contribution in [0.15, 0.2) is 30.3 Å². The fraction of sp³-hybridized carbons (Fsp3) is 0.429. The normalized spacial score (nSPS) is 12.3. The molecule has 4 heteroatoms. The zero-order valence-electron chi connectivity index (χ0n) is 10.9. The standard InChI is InChI=1S/C14H19F2NO/c1-14(2,3)17-10-6-8-11-7-4-5-9-12(11)18-13(15)16/h4-9,13,17H,10H2,1-3H3. The third-order valence-corrected chi connectivity index (χ3v) is 2.18. The summed E-state index contributed by atoms with van der Waals surface area (Å²) in [6.07, 6.45) is 3.66. The topological polar surface area (TPSA) is 21.3 Å². The Kier molecular flexibility index (Phi) is 5.28. The zero-order valence-corrected chi connectivity index (χ0v) is 10.9. The predicted octanol–water partition coefficient (Wildman–Crippen LogP) is 3.69. The quantitative estimate of drug-likeness (QED) is 0.866. The summed E-state index contributed by atoms with van der Waals surface area (Å²) in [6.45, 7) is 4.07. The van der Waals surface area contributed by atoms with Gasteiger partial charge in [-0.15, -0.1) is 0 Å². The molecule has 0 saturated heterocycles. The molecule has 0 spiro atoms. The summed E-state index contributed by atoms with van der Waals surface area (Å²) in [4.78, 5) is 0. The van der Waals surface area contributed by atoms with Gasteiger partial charge in [-0.2, -0.15) is 8.78 Å². The lowest BCUT2D eigenvalue weighted by molar-refractivity contribution is -0.0499. The van der Waals surface area contributed by atoms with Crippen LogP contribution in [0.25, 0.3) is 6.08 Å². The number of rotatable bonds is 5. The van der Waals surface area contributed by atoms with Crippen molar-refractivity contribution in [2.75, 3.05) is 6.54 Å². The summed E-state index contributed by atoms with van der Waals surface area (Å²) >= 11 is 0. The average molecular weight is 255 g/mol. The Morgan fingerprint density at radius 1 is 1.28 bits per heavy atom. The number of para-hydroxylation sites is 1. The van der Waals surface area contributed by atoms with E-state index in [-0.39, 0.29) is 11.3 Å². The molecule has 1 rings (SSSR count). The van der Waals surface area contributed by atoms with Gasteiger partial charge in [-0.05, 0) is 26.8 Å². The second-order valence-corrected chi connectivity index (χ2v) is 4.95. The highest BCUT2D eigenvalue weighted by Gasteiger charge is 2.08. The summed E-state index contributed by atoms with van der Waals surface area (Å²) in [6, 6.07) is 6.73. The summed E-state index contributed by atoms with van der Waals surface area (Å²) in [7, 11) is 0. The highest BCUT2D eigenvalue weighted by Crippen LogP contribution is 2.21. The minimum atomic E-state index is -2.80. The molecule has 0 atom stereocenters. The molecule has 100 valence electrons. The van der Waals surface area contributed by atoms with Gasteiger partial charge in [-0.3, -0.25) is 0 Å². The van der Waals surface area contributed by atoms with Gasteiger partial charge >= 0.3 is 6.61 Å². The molecular weight excluding hydrogens is 236 g/mol. The van der Waals surface area contributed by atoms with E-state index in [0.717, 1.165) is 0 Å². The first kappa shape index (κ1) is 14.6.